The predicted octanol–water partition coefficient (Wildman–Crippen LogP) is 3.72. The normalized spacial score (nSPS) is 16.8. The van der Waals surface area contributed by atoms with Crippen molar-refractivity contribution in [1.82, 2.24) is 9.97 Å². The zero-order valence-corrected chi connectivity index (χ0v) is 12.7. The van der Waals surface area contributed by atoms with Crippen molar-refractivity contribution in [2.45, 2.75) is 19.4 Å². The third kappa shape index (κ3) is 2.05. The molecule has 1 N–H and O–H groups in total. The maximum absolute atomic E-state index is 6.00. The Morgan fingerprint density at radius 3 is 2.95 bits per heavy atom. The largest absolute Gasteiger partial charge is 0.482 e. The Morgan fingerprint density at radius 2 is 2.14 bits per heavy atom. The minimum Gasteiger partial charge on any atom is -0.482 e. The first-order valence-electron chi connectivity index (χ1n) is 6.95. The summed E-state index contributed by atoms with van der Waals surface area (Å²) in [5.74, 6) is 2.57. The highest BCUT2D eigenvalue weighted by Gasteiger charge is 2.27. The summed E-state index contributed by atoms with van der Waals surface area (Å²) < 4.78 is 6.00. The molecule has 106 valence electrons. The van der Waals surface area contributed by atoms with Gasteiger partial charge in [0.25, 0.3) is 0 Å². The van der Waals surface area contributed by atoms with E-state index in [4.69, 9.17) is 9.72 Å². The van der Waals surface area contributed by atoms with Crippen molar-refractivity contribution >= 4 is 27.4 Å². The van der Waals surface area contributed by atoms with E-state index in [1.807, 2.05) is 25.2 Å². The highest BCUT2D eigenvalue weighted by Crippen LogP contribution is 2.37. The van der Waals surface area contributed by atoms with Crippen LogP contribution in [0.5, 0.6) is 5.75 Å². The summed E-state index contributed by atoms with van der Waals surface area (Å²) in [5, 5.41) is 4.25. The molecule has 0 radical (unpaired) electrons. The van der Waals surface area contributed by atoms with Crippen LogP contribution in [0.25, 0.3) is 10.2 Å². The van der Waals surface area contributed by atoms with Gasteiger partial charge in [-0.3, -0.25) is 0 Å². The summed E-state index contributed by atoms with van der Waals surface area (Å²) in [6.45, 7) is 2.09. The van der Waals surface area contributed by atoms with E-state index in [-0.39, 0.29) is 6.10 Å². The van der Waals surface area contributed by atoms with Crippen LogP contribution in [0.4, 0.5) is 5.82 Å². The van der Waals surface area contributed by atoms with Crippen LogP contribution in [-0.4, -0.2) is 17.0 Å². The van der Waals surface area contributed by atoms with Crippen molar-refractivity contribution in [2.24, 2.45) is 0 Å². The number of thiophene rings is 1. The molecule has 3 aromatic rings. The minimum absolute atomic E-state index is 0.0960. The average Bonchev–Trinajstić information content (AvgIpc) is 3.07. The number of rotatable bonds is 2. The summed E-state index contributed by atoms with van der Waals surface area (Å²) in [6.07, 6.45) is 0.733. The second-order valence-corrected chi connectivity index (χ2v) is 6.41. The van der Waals surface area contributed by atoms with Gasteiger partial charge in [0, 0.05) is 18.3 Å². The fourth-order valence-corrected chi connectivity index (χ4v) is 3.61. The van der Waals surface area contributed by atoms with Gasteiger partial charge in [-0.1, -0.05) is 18.2 Å². The molecule has 4 rings (SSSR count). The molecule has 0 spiro atoms. The molecule has 0 saturated heterocycles. The van der Waals surface area contributed by atoms with Gasteiger partial charge in [0.1, 0.15) is 16.4 Å². The molecule has 3 heterocycles. The number of nitrogens with zero attached hydrogens (tertiary/aromatic N) is 2. The average molecular weight is 297 g/mol. The highest BCUT2D eigenvalue weighted by atomic mass is 32.1. The standard InChI is InChI=1S/C16H15N3OS/c1-9-7-11-14(17-2)18-15(19-16(11)21-9)13-8-10-5-3-4-6-12(10)20-13/h3-7,13H,8H2,1-2H3,(H,17,18,19). The van der Waals surface area contributed by atoms with E-state index >= 15 is 0 Å². The van der Waals surface area contributed by atoms with Gasteiger partial charge in [-0.05, 0) is 24.6 Å². The molecule has 0 fully saturated rings. The Kier molecular flexibility index (Phi) is 2.82. The lowest BCUT2D eigenvalue weighted by molar-refractivity contribution is 0.228. The highest BCUT2D eigenvalue weighted by molar-refractivity contribution is 7.18. The van der Waals surface area contributed by atoms with Gasteiger partial charge in [0.2, 0.25) is 0 Å². The molecule has 2 aromatic heterocycles. The predicted molar refractivity (Wildman–Crippen MR) is 85.2 cm³/mol. The van der Waals surface area contributed by atoms with Crippen molar-refractivity contribution in [3.8, 4) is 5.75 Å². The lowest BCUT2D eigenvalue weighted by atomic mass is 10.1. The van der Waals surface area contributed by atoms with Crippen molar-refractivity contribution < 1.29 is 4.74 Å². The fourth-order valence-electron chi connectivity index (χ4n) is 2.72. The Hall–Kier alpha value is -2.14. The third-order valence-electron chi connectivity index (χ3n) is 3.71. The first kappa shape index (κ1) is 12.6. The van der Waals surface area contributed by atoms with Crippen LogP contribution in [0.3, 0.4) is 0 Å². The van der Waals surface area contributed by atoms with E-state index in [0.29, 0.717) is 0 Å². The van der Waals surface area contributed by atoms with Gasteiger partial charge in [0.05, 0.1) is 5.39 Å². The topological polar surface area (TPSA) is 47.0 Å². The number of nitrogens with one attached hydrogen (secondary N) is 1. The number of aromatic nitrogens is 2. The van der Waals surface area contributed by atoms with E-state index in [2.05, 4.69) is 29.4 Å². The summed E-state index contributed by atoms with van der Waals surface area (Å²) >= 11 is 1.69. The number of para-hydroxylation sites is 1. The Balaban J connectivity index is 1.78. The number of anilines is 1. The van der Waals surface area contributed by atoms with Crippen LogP contribution in [0.1, 0.15) is 22.4 Å². The molecule has 1 atom stereocenters. The summed E-state index contributed by atoms with van der Waals surface area (Å²) in [7, 11) is 1.89. The van der Waals surface area contributed by atoms with E-state index < -0.39 is 0 Å². The number of aryl methyl sites for hydroxylation is 1. The van der Waals surface area contributed by atoms with Crippen LogP contribution in [0.15, 0.2) is 30.3 Å². The van der Waals surface area contributed by atoms with Gasteiger partial charge in [-0.15, -0.1) is 11.3 Å². The van der Waals surface area contributed by atoms with Crippen LogP contribution in [0, 0.1) is 6.92 Å². The quantitative estimate of drug-likeness (QED) is 0.783. The van der Waals surface area contributed by atoms with Gasteiger partial charge in [-0.25, -0.2) is 9.97 Å². The van der Waals surface area contributed by atoms with Crippen molar-refractivity contribution in [3.63, 3.8) is 0 Å². The van der Waals surface area contributed by atoms with Gasteiger partial charge >= 0.3 is 0 Å². The number of benzene rings is 1. The SMILES string of the molecule is CNc1nc(C2Cc3ccccc3O2)nc2sc(C)cc12. The lowest BCUT2D eigenvalue weighted by Gasteiger charge is -2.11. The molecule has 21 heavy (non-hydrogen) atoms. The number of fused-ring (bicyclic) bond motifs is 2. The van der Waals surface area contributed by atoms with E-state index in [0.717, 1.165) is 34.0 Å². The smallest absolute Gasteiger partial charge is 0.173 e. The zero-order chi connectivity index (χ0) is 14.4. The first-order valence-corrected chi connectivity index (χ1v) is 7.76. The number of ether oxygens (including phenoxy) is 1. The molecule has 1 unspecified atom stereocenters. The molecular weight excluding hydrogens is 282 g/mol. The van der Waals surface area contributed by atoms with Gasteiger partial charge < -0.3 is 10.1 Å². The molecule has 1 aliphatic heterocycles. The monoisotopic (exact) mass is 297 g/mol. The molecule has 0 aliphatic carbocycles. The van der Waals surface area contributed by atoms with Crippen LogP contribution < -0.4 is 10.1 Å². The molecule has 0 saturated carbocycles. The third-order valence-corrected chi connectivity index (χ3v) is 4.65. The molecule has 1 aromatic carbocycles. The zero-order valence-electron chi connectivity index (χ0n) is 11.9. The van der Waals surface area contributed by atoms with Gasteiger partial charge in [0.15, 0.2) is 11.9 Å². The van der Waals surface area contributed by atoms with Crippen LogP contribution >= 0.6 is 11.3 Å². The first-order chi connectivity index (χ1) is 10.2. The number of hydrogen-bond donors (Lipinski definition) is 1. The van der Waals surface area contributed by atoms with Gasteiger partial charge in [-0.2, -0.15) is 0 Å². The number of hydrogen-bond acceptors (Lipinski definition) is 5. The van der Waals surface area contributed by atoms with Crippen molar-refractivity contribution in [3.05, 3.63) is 46.6 Å². The van der Waals surface area contributed by atoms with Crippen LogP contribution in [0.2, 0.25) is 0 Å². The molecule has 1 aliphatic rings. The maximum Gasteiger partial charge on any atom is 0.173 e. The minimum atomic E-state index is -0.0960. The van der Waals surface area contributed by atoms with Crippen molar-refractivity contribution in [2.75, 3.05) is 12.4 Å². The van der Waals surface area contributed by atoms with E-state index in [9.17, 15) is 0 Å². The Labute approximate surface area is 126 Å². The van der Waals surface area contributed by atoms with E-state index in [1.165, 1.54) is 10.4 Å². The fraction of sp³-hybridized carbons (Fsp3) is 0.250. The molecule has 0 bridgehead atoms. The van der Waals surface area contributed by atoms with E-state index in [1.54, 1.807) is 11.3 Å². The second-order valence-electron chi connectivity index (χ2n) is 5.17. The molecular formula is C16H15N3OS. The van der Waals surface area contributed by atoms with Crippen LogP contribution in [-0.2, 0) is 6.42 Å². The lowest BCUT2D eigenvalue weighted by Crippen LogP contribution is -2.10. The molecule has 5 heteroatoms. The maximum atomic E-state index is 6.00. The summed E-state index contributed by atoms with van der Waals surface area (Å²) in [6, 6.07) is 10.3. The summed E-state index contributed by atoms with van der Waals surface area (Å²) in [5.41, 5.74) is 1.22. The van der Waals surface area contributed by atoms with Crippen molar-refractivity contribution in [1.29, 1.82) is 0 Å². The molecule has 0 amide bonds. The molecule has 4 nitrogen and oxygen atoms in total. The summed E-state index contributed by atoms with van der Waals surface area (Å²) in [4.78, 5) is 11.6. The second kappa shape index (κ2) is 4.70. The Bertz CT molecular complexity index is 803. The Morgan fingerprint density at radius 1 is 1.29 bits per heavy atom.